The monoisotopic (exact) mass is 280 g/mol. The molecule has 1 amide bonds. The first kappa shape index (κ1) is 14.4. The molecule has 1 fully saturated rings. The van der Waals surface area contributed by atoms with Crippen molar-refractivity contribution in [1.82, 2.24) is 5.32 Å². The van der Waals surface area contributed by atoms with Crippen molar-refractivity contribution in [2.45, 2.75) is 33.1 Å². The normalized spacial score (nSPS) is 16.4. The van der Waals surface area contributed by atoms with Gasteiger partial charge in [0.05, 0.1) is 10.5 Å². The Morgan fingerprint density at radius 2 is 2.15 bits per heavy atom. The summed E-state index contributed by atoms with van der Waals surface area (Å²) < 4.78 is 13.9. The number of carbonyl (C=O) groups is 1. The number of benzene rings is 1. The van der Waals surface area contributed by atoms with E-state index in [1.165, 1.54) is 6.92 Å². The average Bonchev–Trinajstić information content (AvgIpc) is 2.36. The number of nitro groups is 1. The fourth-order valence-corrected chi connectivity index (χ4v) is 2.37. The molecule has 0 aromatic heterocycles. The Morgan fingerprint density at radius 1 is 1.50 bits per heavy atom. The number of halogens is 1. The summed E-state index contributed by atoms with van der Waals surface area (Å²) in [5.41, 5.74) is -0.371. The molecule has 0 unspecified atom stereocenters. The zero-order chi connectivity index (χ0) is 14.9. The average molecular weight is 280 g/mol. The van der Waals surface area contributed by atoms with Gasteiger partial charge in [-0.2, -0.15) is 0 Å². The lowest BCUT2D eigenvalue weighted by Crippen LogP contribution is -2.40. The quantitative estimate of drug-likeness (QED) is 0.680. The second kappa shape index (κ2) is 5.19. The lowest BCUT2D eigenvalue weighted by molar-refractivity contribution is -0.385. The van der Waals surface area contributed by atoms with Gasteiger partial charge in [-0.05, 0) is 30.7 Å². The third-order valence-electron chi connectivity index (χ3n) is 3.93. The van der Waals surface area contributed by atoms with Gasteiger partial charge in [0.15, 0.2) is 0 Å². The largest absolute Gasteiger partial charge is 0.351 e. The number of nitrogens with zero attached hydrogens (tertiary/aromatic N) is 1. The van der Waals surface area contributed by atoms with E-state index in [1.54, 1.807) is 0 Å². The number of amides is 1. The molecule has 1 aliphatic carbocycles. The molecule has 1 saturated carbocycles. The molecule has 108 valence electrons. The minimum absolute atomic E-state index is 0.0713. The van der Waals surface area contributed by atoms with Gasteiger partial charge in [0.1, 0.15) is 5.82 Å². The fourth-order valence-electron chi connectivity index (χ4n) is 2.37. The maximum Gasteiger partial charge on any atom is 0.270 e. The molecule has 2 rings (SSSR count). The molecule has 0 saturated heterocycles. The molecule has 1 aromatic rings. The summed E-state index contributed by atoms with van der Waals surface area (Å²) in [5.74, 6) is -1.30. The highest BCUT2D eigenvalue weighted by atomic mass is 19.1. The lowest BCUT2D eigenvalue weighted by Gasteiger charge is -2.38. The summed E-state index contributed by atoms with van der Waals surface area (Å²) in [6.07, 6.45) is 3.20. The van der Waals surface area contributed by atoms with Crippen molar-refractivity contribution in [3.8, 4) is 0 Å². The lowest BCUT2D eigenvalue weighted by atomic mass is 9.70. The molecule has 5 nitrogen and oxygen atoms in total. The van der Waals surface area contributed by atoms with Crippen molar-refractivity contribution in [3.05, 3.63) is 39.2 Å². The van der Waals surface area contributed by atoms with Gasteiger partial charge in [-0.1, -0.05) is 13.3 Å². The summed E-state index contributed by atoms with van der Waals surface area (Å²) in [6, 6.07) is 2.11. The van der Waals surface area contributed by atoms with Crippen LogP contribution in [-0.4, -0.2) is 17.4 Å². The van der Waals surface area contributed by atoms with Crippen LogP contribution in [0.3, 0.4) is 0 Å². The van der Waals surface area contributed by atoms with Gasteiger partial charge in [-0.25, -0.2) is 4.39 Å². The van der Waals surface area contributed by atoms with Crippen molar-refractivity contribution in [1.29, 1.82) is 0 Å². The molecule has 0 spiro atoms. The van der Waals surface area contributed by atoms with Crippen molar-refractivity contribution < 1.29 is 14.1 Å². The zero-order valence-electron chi connectivity index (χ0n) is 11.5. The summed E-state index contributed by atoms with van der Waals surface area (Å²) in [6.45, 7) is 3.94. The summed E-state index contributed by atoms with van der Waals surface area (Å²) in [7, 11) is 0. The van der Waals surface area contributed by atoms with Crippen LogP contribution in [0, 0.1) is 28.3 Å². The van der Waals surface area contributed by atoms with Gasteiger partial charge in [0.25, 0.3) is 11.6 Å². The second-order valence-corrected chi connectivity index (χ2v) is 5.73. The highest BCUT2D eigenvalue weighted by molar-refractivity contribution is 5.95. The fraction of sp³-hybridized carbons (Fsp3) is 0.500. The van der Waals surface area contributed by atoms with E-state index < -0.39 is 16.6 Å². The SMILES string of the molecule is Cc1cc([N+](=O)[O-])cc(C(=O)NCC2(C)CCC2)c1F. The molecular formula is C14H17FN2O3. The third-order valence-corrected chi connectivity index (χ3v) is 3.93. The Kier molecular flexibility index (Phi) is 3.74. The van der Waals surface area contributed by atoms with E-state index in [2.05, 4.69) is 12.2 Å². The van der Waals surface area contributed by atoms with E-state index >= 15 is 0 Å². The maximum absolute atomic E-state index is 13.9. The van der Waals surface area contributed by atoms with Crippen LogP contribution in [0.1, 0.15) is 42.1 Å². The van der Waals surface area contributed by atoms with Crippen molar-refractivity contribution >= 4 is 11.6 Å². The van der Waals surface area contributed by atoms with Crippen LogP contribution in [0.15, 0.2) is 12.1 Å². The molecule has 0 atom stereocenters. The summed E-state index contributed by atoms with van der Waals surface area (Å²) >= 11 is 0. The number of hydrogen-bond donors (Lipinski definition) is 1. The number of non-ortho nitro benzene ring substituents is 1. The van der Waals surface area contributed by atoms with Crippen LogP contribution < -0.4 is 5.32 Å². The van der Waals surface area contributed by atoms with Gasteiger partial charge < -0.3 is 5.32 Å². The Labute approximate surface area is 116 Å². The van der Waals surface area contributed by atoms with Crippen molar-refractivity contribution in [2.75, 3.05) is 6.54 Å². The van der Waals surface area contributed by atoms with Crippen LogP contribution in [0.4, 0.5) is 10.1 Å². The Bertz CT molecular complexity index is 568. The van der Waals surface area contributed by atoms with Crippen LogP contribution in [-0.2, 0) is 0 Å². The van der Waals surface area contributed by atoms with Crippen molar-refractivity contribution in [2.24, 2.45) is 5.41 Å². The Hall–Kier alpha value is -1.98. The van der Waals surface area contributed by atoms with E-state index in [1.807, 2.05) is 0 Å². The van der Waals surface area contributed by atoms with Crippen LogP contribution in [0.2, 0.25) is 0 Å². The molecule has 1 aromatic carbocycles. The molecular weight excluding hydrogens is 263 g/mol. The molecule has 0 heterocycles. The van der Waals surface area contributed by atoms with Crippen molar-refractivity contribution in [3.63, 3.8) is 0 Å². The molecule has 0 aliphatic heterocycles. The predicted octanol–water partition coefficient (Wildman–Crippen LogP) is 2.96. The number of aryl methyl sites for hydroxylation is 1. The van der Waals surface area contributed by atoms with Gasteiger partial charge in [-0.3, -0.25) is 14.9 Å². The van der Waals surface area contributed by atoms with E-state index in [0.29, 0.717) is 6.54 Å². The Balaban J connectivity index is 2.18. The standard InChI is InChI=1S/C14H17FN2O3/c1-9-6-10(17(19)20)7-11(12(9)15)13(18)16-8-14(2)4-3-5-14/h6-7H,3-5,8H2,1-2H3,(H,16,18). The van der Waals surface area contributed by atoms with E-state index in [4.69, 9.17) is 0 Å². The molecule has 0 radical (unpaired) electrons. The number of nitrogens with one attached hydrogen (secondary N) is 1. The number of hydrogen-bond acceptors (Lipinski definition) is 3. The van der Waals surface area contributed by atoms with Crippen LogP contribution in [0.25, 0.3) is 0 Å². The number of rotatable bonds is 4. The van der Waals surface area contributed by atoms with Crippen LogP contribution in [0.5, 0.6) is 0 Å². The van der Waals surface area contributed by atoms with Gasteiger partial charge in [0.2, 0.25) is 0 Å². The van der Waals surface area contributed by atoms with Gasteiger partial charge in [-0.15, -0.1) is 0 Å². The molecule has 0 bridgehead atoms. The summed E-state index contributed by atoms with van der Waals surface area (Å²) in [5, 5.41) is 13.4. The number of carbonyl (C=O) groups excluding carboxylic acids is 1. The Morgan fingerprint density at radius 3 is 2.65 bits per heavy atom. The highest BCUT2D eigenvalue weighted by Gasteiger charge is 2.32. The van der Waals surface area contributed by atoms with Gasteiger partial charge >= 0.3 is 0 Å². The van der Waals surface area contributed by atoms with Gasteiger partial charge in [0, 0.05) is 18.7 Å². The van der Waals surface area contributed by atoms with E-state index in [-0.39, 0.29) is 22.2 Å². The maximum atomic E-state index is 13.9. The molecule has 1 aliphatic rings. The first-order chi connectivity index (χ1) is 9.32. The smallest absolute Gasteiger partial charge is 0.270 e. The minimum Gasteiger partial charge on any atom is -0.351 e. The van der Waals surface area contributed by atoms with Crippen LogP contribution >= 0.6 is 0 Å². The summed E-state index contributed by atoms with van der Waals surface area (Å²) in [4.78, 5) is 22.1. The molecule has 1 N–H and O–H groups in total. The first-order valence-electron chi connectivity index (χ1n) is 6.55. The predicted molar refractivity (Wildman–Crippen MR) is 72.1 cm³/mol. The first-order valence-corrected chi connectivity index (χ1v) is 6.55. The minimum atomic E-state index is -0.702. The highest BCUT2D eigenvalue weighted by Crippen LogP contribution is 2.39. The number of nitro benzene ring substituents is 1. The molecule has 20 heavy (non-hydrogen) atoms. The third kappa shape index (κ3) is 2.79. The van der Waals surface area contributed by atoms with E-state index in [0.717, 1.165) is 31.4 Å². The molecule has 6 heteroatoms. The van der Waals surface area contributed by atoms with E-state index in [9.17, 15) is 19.3 Å². The second-order valence-electron chi connectivity index (χ2n) is 5.73. The zero-order valence-corrected chi connectivity index (χ0v) is 11.5. The topological polar surface area (TPSA) is 72.2 Å².